The van der Waals surface area contributed by atoms with E-state index in [4.69, 9.17) is 4.74 Å². The summed E-state index contributed by atoms with van der Waals surface area (Å²) in [6.45, 7) is 2.57. The molecule has 0 spiro atoms. The summed E-state index contributed by atoms with van der Waals surface area (Å²) in [6, 6.07) is 5.89. The Kier molecular flexibility index (Phi) is 4.71. The van der Waals surface area contributed by atoms with Gasteiger partial charge >= 0.3 is 6.18 Å². The summed E-state index contributed by atoms with van der Waals surface area (Å²) in [5.41, 5.74) is 0.763. The van der Waals surface area contributed by atoms with E-state index in [2.05, 4.69) is 15.3 Å². The second-order valence-electron chi connectivity index (χ2n) is 5.99. The fourth-order valence-electron chi connectivity index (χ4n) is 2.88. The van der Waals surface area contributed by atoms with Crippen molar-refractivity contribution in [3.8, 4) is 0 Å². The number of ether oxygens (including phenoxy) is 1. The van der Waals surface area contributed by atoms with Gasteiger partial charge in [-0.1, -0.05) is 0 Å². The highest BCUT2D eigenvalue weighted by atomic mass is 19.4. The molecule has 7 heteroatoms. The van der Waals surface area contributed by atoms with Crippen molar-refractivity contribution in [3.05, 3.63) is 53.5 Å². The van der Waals surface area contributed by atoms with Crippen LogP contribution in [0.3, 0.4) is 0 Å². The highest BCUT2D eigenvalue weighted by Crippen LogP contribution is 2.31. The second-order valence-corrected chi connectivity index (χ2v) is 5.99. The van der Waals surface area contributed by atoms with Crippen LogP contribution >= 0.6 is 0 Å². The van der Waals surface area contributed by atoms with Crippen molar-refractivity contribution in [2.75, 3.05) is 18.5 Å². The summed E-state index contributed by atoms with van der Waals surface area (Å²) in [7, 11) is 0. The van der Waals surface area contributed by atoms with Crippen LogP contribution in [0.15, 0.2) is 36.7 Å². The number of pyridine rings is 2. The molecule has 3 heterocycles. The van der Waals surface area contributed by atoms with E-state index in [0.29, 0.717) is 18.9 Å². The van der Waals surface area contributed by atoms with Crippen LogP contribution in [0.1, 0.15) is 16.8 Å². The van der Waals surface area contributed by atoms with Crippen molar-refractivity contribution in [2.24, 2.45) is 5.92 Å². The van der Waals surface area contributed by atoms with Gasteiger partial charge in [0.05, 0.1) is 24.8 Å². The molecule has 1 aliphatic heterocycles. The quantitative estimate of drug-likeness (QED) is 0.928. The van der Waals surface area contributed by atoms with E-state index in [-0.39, 0.29) is 17.8 Å². The predicted octanol–water partition coefficient (Wildman–Crippen LogP) is 3.47. The summed E-state index contributed by atoms with van der Waals surface area (Å²) in [5.74, 6) is 0.404. The first kappa shape index (κ1) is 16.7. The molecular weight excluding hydrogens is 319 g/mol. The lowest BCUT2D eigenvalue weighted by Gasteiger charge is -2.20. The van der Waals surface area contributed by atoms with Crippen molar-refractivity contribution in [1.82, 2.24) is 9.97 Å². The molecule has 0 saturated carbocycles. The first-order chi connectivity index (χ1) is 11.4. The Morgan fingerprint density at radius 3 is 2.67 bits per heavy atom. The molecule has 2 aromatic rings. The fourth-order valence-corrected chi connectivity index (χ4v) is 2.88. The van der Waals surface area contributed by atoms with Crippen LogP contribution in [0.5, 0.6) is 0 Å². The Hall–Kier alpha value is -2.15. The minimum Gasteiger partial charge on any atom is -0.379 e. The third kappa shape index (κ3) is 4.03. The molecule has 1 fully saturated rings. The number of halogens is 3. The molecule has 24 heavy (non-hydrogen) atoms. The lowest BCUT2D eigenvalue weighted by Crippen LogP contribution is -2.30. The van der Waals surface area contributed by atoms with Gasteiger partial charge in [0.2, 0.25) is 0 Å². The molecule has 128 valence electrons. The topological polar surface area (TPSA) is 47.0 Å². The molecule has 1 aliphatic rings. The van der Waals surface area contributed by atoms with Gasteiger partial charge in [-0.15, -0.1) is 0 Å². The molecule has 0 aliphatic carbocycles. The number of alkyl halides is 3. The number of nitrogens with zero attached hydrogens (tertiary/aromatic N) is 2. The molecule has 0 aromatic carbocycles. The summed E-state index contributed by atoms with van der Waals surface area (Å²) in [5, 5.41) is 3.11. The minimum atomic E-state index is -4.38. The Morgan fingerprint density at radius 1 is 1.21 bits per heavy atom. The van der Waals surface area contributed by atoms with E-state index < -0.39 is 11.7 Å². The van der Waals surface area contributed by atoms with Crippen molar-refractivity contribution in [2.45, 2.75) is 25.6 Å². The number of aromatic nitrogens is 2. The molecule has 1 saturated heterocycles. The average Bonchev–Trinajstić information content (AvgIpc) is 2.94. The van der Waals surface area contributed by atoms with Gasteiger partial charge in [0.15, 0.2) is 0 Å². The summed E-state index contributed by atoms with van der Waals surface area (Å²) < 4.78 is 44.3. The molecule has 2 aromatic heterocycles. The maximum Gasteiger partial charge on any atom is 0.416 e. The molecule has 4 nitrogen and oxygen atoms in total. The molecule has 0 radical (unpaired) electrons. The molecule has 3 rings (SSSR count). The summed E-state index contributed by atoms with van der Waals surface area (Å²) in [4.78, 5) is 8.16. The largest absolute Gasteiger partial charge is 0.416 e. The number of aryl methyl sites for hydroxylation is 1. The van der Waals surface area contributed by atoms with Crippen LogP contribution < -0.4 is 5.32 Å². The van der Waals surface area contributed by atoms with Crippen molar-refractivity contribution in [3.63, 3.8) is 0 Å². The Morgan fingerprint density at radius 2 is 1.96 bits per heavy atom. The fraction of sp³-hybridized carbons (Fsp3) is 0.412. The zero-order valence-corrected chi connectivity index (χ0v) is 13.2. The third-order valence-electron chi connectivity index (χ3n) is 4.06. The molecule has 0 bridgehead atoms. The minimum absolute atomic E-state index is 0.0754. The van der Waals surface area contributed by atoms with Crippen LogP contribution in [-0.4, -0.2) is 29.2 Å². The Balaban J connectivity index is 1.74. The van der Waals surface area contributed by atoms with E-state index >= 15 is 0 Å². The smallest absolute Gasteiger partial charge is 0.379 e. The Labute approximate surface area is 138 Å². The van der Waals surface area contributed by atoms with Gasteiger partial charge in [-0.05, 0) is 43.2 Å². The first-order valence-electron chi connectivity index (χ1n) is 7.71. The zero-order valence-electron chi connectivity index (χ0n) is 13.2. The number of hydrogen-bond donors (Lipinski definition) is 1. The average molecular weight is 337 g/mol. The van der Waals surface area contributed by atoms with Crippen LogP contribution in [0.4, 0.5) is 19.0 Å². The van der Waals surface area contributed by atoms with Crippen molar-refractivity contribution in [1.29, 1.82) is 0 Å². The van der Waals surface area contributed by atoms with Gasteiger partial charge in [0.25, 0.3) is 0 Å². The summed E-state index contributed by atoms with van der Waals surface area (Å²) in [6.07, 6.45) is -0.151. The highest BCUT2D eigenvalue weighted by Gasteiger charge is 2.33. The van der Waals surface area contributed by atoms with Gasteiger partial charge in [-0.2, -0.15) is 13.2 Å². The highest BCUT2D eigenvalue weighted by molar-refractivity contribution is 5.42. The second kappa shape index (κ2) is 6.76. The van der Waals surface area contributed by atoms with Crippen molar-refractivity contribution < 1.29 is 17.9 Å². The molecule has 0 amide bonds. The van der Waals surface area contributed by atoms with Gasteiger partial charge in [-0.3, -0.25) is 4.98 Å². The van der Waals surface area contributed by atoms with Crippen LogP contribution in [0.2, 0.25) is 0 Å². The summed E-state index contributed by atoms with van der Waals surface area (Å²) >= 11 is 0. The molecule has 1 N–H and O–H groups in total. The SMILES string of the molecule is Cc1cc(C(F)(F)F)cc(N[C@@H]2COC[C@H]2Cc2ccncc2)n1. The Bertz CT molecular complexity index is 691. The van der Waals surface area contributed by atoms with Gasteiger partial charge in [0.1, 0.15) is 5.82 Å². The van der Waals surface area contributed by atoms with Crippen molar-refractivity contribution >= 4 is 5.82 Å². The number of hydrogen-bond acceptors (Lipinski definition) is 4. The van der Waals surface area contributed by atoms with Crippen LogP contribution in [0.25, 0.3) is 0 Å². The van der Waals surface area contributed by atoms with Gasteiger partial charge < -0.3 is 10.1 Å². The lowest BCUT2D eigenvalue weighted by molar-refractivity contribution is -0.137. The monoisotopic (exact) mass is 337 g/mol. The lowest BCUT2D eigenvalue weighted by atomic mass is 9.95. The maximum atomic E-state index is 12.9. The normalized spacial score (nSPS) is 21.0. The third-order valence-corrected chi connectivity index (χ3v) is 4.06. The predicted molar refractivity (Wildman–Crippen MR) is 83.6 cm³/mol. The standard InChI is InChI=1S/C17H18F3N3O/c1-11-6-14(17(18,19)20)8-16(22-11)23-15-10-24-9-13(15)7-12-2-4-21-5-3-12/h2-6,8,13,15H,7,9-10H2,1H3,(H,22,23)/t13-,15-/m1/s1. The number of nitrogens with one attached hydrogen (secondary N) is 1. The molecular formula is C17H18F3N3O. The van der Waals surface area contributed by atoms with E-state index in [1.165, 1.54) is 0 Å². The maximum absolute atomic E-state index is 12.9. The van der Waals surface area contributed by atoms with E-state index in [1.807, 2.05) is 12.1 Å². The van der Waals surface area contributed by atoms with Gasteiger partial charge in [0, 0.05) is 24.0 Å². The van der Waals surface area contributed by atoms with Gasteiger partial charge in [-0.25, -0.2) is 4.98 Å². The molecule has 0 unspecified atom stereocenters. The van der Waals surface area contributed by atoms with E-state index in [9.17, 15) is 13.2 Å². The van der Waals surface area contributed by atoms with Crippen LogP contribution in [0, 0.1) is 12.8 Å². The van der Waals surface area contributed by atoms with E-state index in [0.717, 1.165) is 24.1 Å². The van der Waals surface area contributed by atoms with Crippen LogP contribution in [-0.2, 0) is 17.3 Å². The first-order valence-corrected chi connectivity index (χ1v) is 7.71. The number of rotatable bonds is 4. The van der Waals surface area contributed by atoms with E-state index in [1.54, 1.807) is 19.3 Å². The number of anilines is 1. The zero-order chi connectivity index (χ0) is 17.2. The molecule has 2 atom stereocenters.